The quantitative estimate of drug-likeness (QED) is 0.306. The average molecular weight is 530 g/mol. The number of hydrogen-bond acceptors (Lipinski definition) is 4. The second-order valence-corrected chi connectivity index (χ2v) is 9.14. The fourth-order valence-electron chi connectivity index (χ4n) is 3.75. The lowest BCUT2D eigenvalue weighted by Crippen LogP contribution is -2.32. The molecule has 0 fully saturated rings. The molecule has 0 saturated carbocycles. The zero-order valence-corrected chi connectivity index (χ0v) is 20.9. The Labute approximate surface area is 216 Å². The molecule has 0 spiro atoms. The minimum atomic E-state index is -1.18. The predicted molar refractivity (Wildman–Crippen MR) is 140 cm³/mol. The van der Waals surface area contributed by atoms with E-state index in [4.69, 9.17) is 39.5 Å². The first kappa shape index (κ1) is 24.8. The van der Waals surface area contributed by atoms with E-state index in [1.165, 1.54) is 36.7 Å². The summed E-state index contributed by atoms with van der Waals surface area (Å²) in [6, 6.07) is 18.4. The molecule has 3 aromatic carbocycles. The van der Waals surface area contributed by atoms with E-state index in [0.717, 1.165) is 0 Å². The van der Waals surface area contributed by atoms with Crippen molar-refractivity contribution in [2.24, 2.45) is 7.05 Å². The van der Waals surface area contributed by atoms with E-state index >= 15 is 0 Å². The topological polar surface area (TPSA) is 77.4 Å². The van der Waals surface area contributed by atoms with Gasteiger partial charge in [0.15, 0.2) is 6.10 Å². The van der Waals surface area contributed by atoms with Crippen LogP contribution in [0.1, 0.15) is 17.4 Å². The first-order valence-electron chi connectivity index (χ1n) is 10.5. The number of ether oxygens (including phenoxy) is 1. The lowest BCUT2D eigenvalue weighted by molar-refractivity contribution is -0.123. The highest BCUT2D eigenvalue weighted by Crippen LogP contribution is 2.32. The van der Waals surface area contributed by atoms with Gasteiger partial charge in [0.2, 0.25) is 0 Å². The van der Waals surface area contributed by atoms with Gasteiger partial charge >= 0.3 is 5.97 Å². The van der Waals surface area contributed by atoms with E-state index in [1.807, 2.05) is 0 Å². The van der Waals surface area contributed by atoms with Crippen molar-refractivity contribution in [1.82, 2.24) is 4.57 Å². The lowest BCUT2D eigenvalue weighted by atomic mass is 9.96. The Balaban J connectivity index is 1.73. The molecule has 0 saturated heterocycles. The molecule has 0 radical (unpaired) electrons. The number of fused-ring (bicyclic) bond motifs is 1. The third kappa shape index (κ3) is 5.20. The first-order valence-corrected chi connectivity index (χ1v) is 11.6. The Bertz CT molecular complexity index is 1490. The molecule has 4 aromatic rings. The molecule has 0 bridgehead atoms. The van der Waals surface area contributed by atoms with Gasteiger partial charge in [-0.25, -0.2) is 4.79 Å². The maximum atomic E-state index is 13.4. The molecule has 4 rings (SSSR count). The largest absolute Gasteiger partial charge is 0.448 e. The van der Waals surface area contributed by atoms with Gasteiger partial charge in [-0.15, -0.1) is 0 Å². The summed E-state index contributed by atoms with van der Waals surface area (Å²) >= 11 is 18.0. The van der Waals surface area contributed by atoms with Crippen molar-refractivity contribution in [2.45, 2.75) is 13.0 Å². The highest BCUT2D eigenvalue weighted by atomic mass is 35.5. The van der Waals surface area contributed by atoms with E-state index in [0.29, 0.717) is 42.7 Å². The van der Waals surface area contributed by atoms with Gasteiger partial charge in [-0.3, -0.25) is 9.59 Å². The van der Waals surface area contributed by atoms with Crippen LogP contribution in [0.2, 0.25) is 15.1 Å². The fourth-order valence-corrected chi connectivity index (χ4v) is 4.40. The van der Waals surface area contributed by atoms with E-state index in [9.17, 15) is 14.4 Å². The summed E-state index contributed by atoms with van der Waals surface area (Å²) in [4.78, 5) is 39.1. The van der Waals surface area contributed by atoms with Crippen LogP contribution in [0.4, 0.5) is 5.69 Å². The van der Waals surface area contributed by atoms with Gasteiger partial charge in [-0.1, -0.05) is 65.1 Å². The summed E-state index contributed by atoms with van der Waals surface area (Å²) in [5.74, 6) is -1.41. The number of hydrogen-bond donors (Lipinski definition) is 1. The van der Waals surface area contributed by atoms with Gasteiger partial charge in [0.25, 0.3) is 11.5 Å². The van der Waals surface area contributed by atoms with Gasteiger partial charge in [0.1, 0.15) is 5.69 Å². The molecule has 1 amide bonds. The summed E-state index contributed by atoms with van der Waals surface area (Å²) in [7, 11) is 1.49. The molecule has 178 valence electrons. The van der Waals surface area contributed by atoms with Crippen molar-refractivity contribution in [3.05, 3.63) is 97.8 Å². The van der Waals surface area contributed by atoms with Crippen molar-refractivity contribution >= 4 is 63.1 Å². The molecular formula is C26H19Cl3N2O4. The zero-order chi connectivity index (χ0) is 25.3. The predicted octanol–water partition coefficient (Wildman–Crippen LogP) is 6.35. The standard InChI is InChI=1S/C26H19Cl3N2O4/c1-14(24(32)30-19-12-17(28)11-18(29)13-19)35-26(34)23-22(15-7-9-16(27)10-8-15)20-5-3-4-6-21(20)25(33)31(23)2/h3-14H,1-2H3,(H,30,32). The SMILES string of the molecule is CC(OC(=O)c1c(-c2ccc(Cl)cc2)c2ccccc2c(=O)n1C)C(=O)Nc1cc(Cl)cc(Cl)c1. The van der Waals surface area contributed by atoms with Gasteiger partial charge in [-0.05, 0) is 54.3 Å². The minimum absolute atomic E-state index is 0.0153. The third-order valence-corrected chi connectivity index (χ3v) is 6.10. The Kier molecular flexibility index (Phi) is 7.17. The number of carbonyl (C=O) groups excluding carboxylic acids is 2. The van der Waals surface area contributed by atoms with Crippen LogP contribution in [0.15, 0.2) is 71.5 Å². The van der Waals surface area contributed by atoms with Gasteiger partial charge in [-0.2, -0.15) is 0 Å². The molecule has 1 atom stereocenters. The van der Waals surface area contributed by atoms with Crippen molar-refractivity contribution in [1.29, 1.82) is 0 Å². The molecule has 0 aliphatic heterocycles. The fraction of sp³-hybridized carbons (Fsp3) is 0.115. The Morgan fingerprint density at radius 3 is 2.11 bits per heavy atom. The van der Waals surface area contributed by atoms with Crippen LogP contribution in [-0.2, 0) is 16.6 Å². The van der Waals surface area contributed by atoms with Gasteiger partial charge in [0.05, 0.1) is 0 Å². The Hall–Kier alpha value is -3.32. The number of nitrogens with zero attached hydrogens (tertiary/aromatic N) is 1. The number of carbonyl (C=O) groups is 2. The molecule has 6 nitrogen and oxygen atoms in total. The van der Waals surface area contributed by atoms with Crippen LogP contribution in [0.3, 0.4) is 0 Å². The maximum Gasteiger partial charge on any atom is 0.356 e. The summed E-state index contributed by atoms with van der Waals surface area (Å²) in [5.41, 5.74) is 1.17. The van der Waals surface area contributed by atoms with Gasteiger partial charge < -0.3 is 14.6 Å². The molecular weight excluding hydrogens is 511 g/mol. The molecule has 0 aliphatic rings. The molecule has 1 aromatic heterocycles. The summed E-state index contributed by atoms with van der Waals surface area (Å²) in [6.45, 7) is 1.43. The number of amides is 1. The van der Waals surface area contributed by atoms with Crippen LogP contribution in [0.25, 0.3) is 21.9 Å². The van der Waals surface area contributed by atoms with Crippen molar-refractivity contribution < 1.29 is 14.3 Å². The number of halogens is 3. The van der Waals surface area contributed by atoms with Gasteiger partial charge in [0, 0.05) is 38.8 Å². The smallest absolute Gasteiger partial charge is 0.356 e. The lowest BCUT2D eigenvalue weighted by Gasteiger charge is -2.19. The number of rotatable bonds is 5. The molecule has 0 aliphatic carbocycles. The molecule has 1 heterocycles. The number of esters is 1. The number of benzene rings is 3. The molecule has 1 unspecified atom stereocenters. The molecule has 1 N–H and O–H groups in total. The maximum absolute atomic E-state index is 13.4. The van der Waals surface area contributed by atoms with Crippen LogP contribution >= 0.6 is 34.8 Å². The second-order valence-electron chi connectivity index (χ2n) is 7.84. The minimum Gasteiger partial charge on any atom is -0.448 e. The van der Waals surface area contributed by atoms with Crippen LogP contribution in [0.5, 0.6) is 0 Å². The second kappa shape index (κ2) is 10.1. The van der Waals surface area contributed by atoms with Crippen molar-refractivity contribution in [3.8, 4) is 11.1 Å². The van der Waals surface area contributed by atoms with Crippen molar-refractivity contribution in [2.75, 3.05) is 5.32 Å². The van der Waals surface area contributed by atoms with Crippen LogP contribution in [-0.4, -0.2) is 22.5 Å². The van der Waals surface area contributed by atoms with Crippen molar-refractivity contribution in [3.63, 3.8) is 0 Å². The number of anilines is 1. The van der Waals surface area contributed by atoms with E-state index in [1.54, 1.807) is 48.5 Å². The highest BCUT2D eigenvalue weighted by Gasteiger charge is 2.26. The summed E-state index contributed by atoms with van der Waals surface area (Å²) in [5, 5.41) is 4.86. The number of aromatic nitrogens is 1. The average Bonchev–Trinajstić information content (AvgIpc) is 2.81. The Morgan fingerprint density at radius 1 is 0.886 bits per heavy atom. The van der Waals surface area contributed by atoms with E-state index < -0.39 is 18.0 Å². The molecule has 35 heavy (non-hydrogen) atoms. The first-order chi connectivity index (χ1) is 16.7. The normalized spacial score (nSPS) is 11.8. The van der Waals surface area contributed by atoms with E-state index in [2.05, 4.69) is 5.32 Å². The Morgan fingerprint density at radius 2 is 1.49 bits per heavy atom. The highest BCUT2D eigenvalue weighted by molar-refractivity contribution is 6.35. The summed E-state index contributed by atoms with van der Waals surface area (Å²) < 4.78 is 6.73. The summed E-state index contributed by atoms with van der Waals surface area (Å²) in [6.07, 6.45) is -1.18. The van der Waals surface area contributed by atoms with Crippen LogP contribution in [0, 0.1) is 0 Å². The third-order valence-electron chi connectivity index (χ3n) is 5.41. The zero-order valence-electron chi connectivity index (χ0n) is 18.6. The van der Waals surface area contributed by atoms with E-state index in [-0.39, 0.29) is 11.3 Å². The number of pyridine rings is 1. The molecule has 9 heteroatoms. The monoisotopic (exact) mass is 528 g/mol. The van der Waals surface area contributed by atoms with Crippen LogP contribution < -0.4 is 10.9 Å². The number of nitrogens with one attached hydrogen (secondary N) is 1.